The van der Waals surface area contributed by atoms with E-state index in [0.29, 0.717) is 17.3 Å². The van der Waals surface area contributed by atoms with Crippen LogP contribution in [0.1, 0.15) is 13.8 Å². The number of hydrogen-bond acceptors (Lipinski definition) is 3. The number of halogens is 1. The summed E-state index contributed by atoms with van der Waals surface area (Å²) in [6, 6.07) is 7.51. The van der Waals surface area contributed by atoms with E-state index in [-0.39, 0.29) is 18.6 Å². The van der Waals surface area contributed by atoms with Crippen molar-refractivity contribution >= 4 is 29.3 Å². The number of hydrogen-bond donors (Lipinski definition) is 1. The summed E-state index contributed by atoms with van der Waals surface area (Å²) in [4.78, 5) is 14.7. The van der Waals surface area contributed by atoms with Crippen LogP contribution in [0, 0.1) is 0 Å². The first kappa shape index (κ1) is 15.3. The summed E-state index contributed by atoms with van der Waals surface area (Å²) in [5.74, 6) is 0.416. The molecule has 0 saturated carbocycles. The van der Waals surface area contributed by atoms with Gasteiger partial charge < -0.3 is 10.0 Å². The van der Waals surface area contributed by atoms with Crippen molar-refractivity contribution in [3.8, 4) is 0 Å². The van der Waals surface area contributed by atoms with Gasteiger partial charge in [0.15, 0.2) is 0 Å². The van der Waals surface area contributed by atoms with Crippen molar-refractivity contribution in [3.63, 3.8) is 0 Å². The molecular weight excluding hydrogens is 270 g/mol. The van der Waals surface area contributed by atoms with Gasteiger partial charge in [0.1, 0.15) is 0 Å². The Balaban J connectivity index is 2.51. The molecule has 3 nitrogen and oxygen atoms in total. The number of aliphatic hydroxyl groups is 1. The molecule has 0 bridgehead atoms. The van der Waals surface area contributed by atoms with Crippen molar-refractivity contribution in [1.82, 2.24) is 4.90 Å². The monoisotopic (exact) mass is 287 g/mol. The Hall–Kier alpha value is -0.710. The largest absolute Gasteiger partial charge is 0.395 e. The zero-order valence-electron chi connectivity index (χ0n) is 10.6. The van der Waals surface area contributed by atoms with Gasteiger partial charge >= 0.3 is 0 Å². The molecular formula is C13H18ClNO2S. The molecule has 100 valence electrons. The normalized spacial score (nSPS) is 10.7. The second kappa shape index (κ2) is 7.67. The van der Waals surface area contributed by atoms with E-state index < -0.39 is 0 Å². The van der Waals surface area contributed by atoms with Crippen LogP contribution in [0.2, 0.25) is 5.02 Å². The van der Waals surface area contributed by atoms with E-state index in [1.807, 2.05) is 38.1 Å². The maximum absolute atomic E-state index is 12.0. The molecule has 0 aliphatic carbocycles. The second-order valence-electron chi connectivity index (χ2n) is 4.15. The molecule has 1 aromatic carbocycles. The topological polar surface area (TPSA) is 40.5 Å². The summed E-state index contributed by atoms with van der Waals surface area (Å²) in [5.41, 5.74) is 0. The molecule has 0 aliphatic rings. The number of aliphatic hydroxyl groups excluding tert-OH is 1. The highest BCUT2D eigenvalue weighted by Gasteiger charge is 2.16. The van der Waals surface area contributed by atoms with Crippen molar-refractivity contribution in [3.05, 3.63) is 29.3 Å². The fourth-order valence-electron chi connectivity index (χ4n) is 1.54. The van der Waals surface area contributed by atoms with Crippen LogP contribution >= 0.6 is 23.4 Å². The van der Waals surface area contributed by atoms with Crippen molar-refractivity contribution in [1.29, 1.82) is 0 Å². The molecule has 0 radical (unpaired) electrons. The van der Waals surface area contributed by atoms with Crippen molar-refractivity contribution in [2.24, 2.45) is 0 Å². The summed E-state index contributed by atoms with van der Waals surface area (Å²) in [6.45, 7) is 4.27. The van der Waals surface area contributed by atoms with Crippen LogP contribution in [0.4, 0.5) is 0 Å². The van der Waals surface area contributed by atoms with Crippen LogP contribution in [-0.2, 0) is 4.79 Å². The number of carbonyl (C=O) groups is 1. The predicted octanol–water partition coefficient (Wildman–Crippen LogP) is 2.66. The van der Waals surface area contributed by atoms with E-state index >= 15 is 0 Å². The Morgan fingerprint density at radius 3 is 2.50 bits per heavy atom. The third kappa shape index (κ3) is 4.88. The molecule has 0 aromatic heterocycles. The van der Waals surface area contributed by atoms with E-state index in [1.54, 1.807) is 4.90 Å². The van der Waals surface area contributed by atoms with Crippen LogP contribution < -0.4 is 0 Å². The molecule has 0 aliphatic heterocycles. The number of amides is 1. The molecule has 0 fully saturated rings. The zero-order valence-corrected chi connectivity index (χ0v) is 12.2. The summed E-state index contributed by atoms with van der Waals surface area (Å²) in [5, 5.41) is 9.62. The lowest BCUT2D eigenvalue weighted by Gasteiger charge is -2.25. The van der Waals surface area contributed by atoms with Gasteiger partial charge in [0, 0.05) is 22.5 Å². The molecule has 1 rings (SSSR count). The maximum Gasteiger partial charge on any atom is 0.233 e. The summed E-state index contributed by atoms with van der Waals surface area (Å²) >= 11 is 7.27. The summed E-state index contributed by atoms with van der Waals surface area (Å²) in [7, 11) is 0. The summed E-state index contributed by atoms with van der Waals surface area (Å²) < 4.78 is 0. The first-order chi connectivity index (χ1) is 8.54. The smallest absolute Gasteiger partial charge is 0.233 e. The van der Waals surface area contributed by atoms with Gasteiger partial charge in [-0.2, -0.15) is 0 Å². The Morgan fingerprint density at radius 2 is 2.00 bits per heavy atom. The van der Waals surface area contributed by atoms with E-state index in [4.69, 9.17) is 16.7 Å². The highest BCUT2D eigenvalue weighted by atomic mass is 35.5. The number of carbonyl (C=O) groups excluding carboxylic acids is 1. The lowest BCUT2D eigenvalue weighted by atomic mass is 10.3. The fourth-order valence-corrected chi connectivity index (χ4v) is 2.45. The maximum atomic E-state index is 12.0. The van der Waals surface area contributed by atoms with E-state index in [2.05, 4.69) is 0 Å². The average molecular weight is 288 g/mol. The quantitative estimate of drug-likeness (QED) is 0.818. The van der Waals surface area contributed by atoms with E-state index in [0.717, 1.165) is 4.90 Å². The molecule has 5 heteroatoms. The molecule has 0 unspecified atom stereocenters. The Bertz CT molecular complexity index is 381. The molecule has 0 atom stereocenters. The zero-order chi connectivity index (χ0) is 13.5. The SMILES string of the molecule is CC(C)N(CCO)C(=O)CSc1ccc(Cl)cc1. The Morgan fingerprint density at radius 1 is 1.39 bits per heavy atom. The van der Waals surface area contributed by atoms with Gasteiger partial charge in [0.25, 0.3) is 0 Å². The van der Waals surface area contributed by atoms with E-state index in [1.165, 1.54) is 11.8 Å². The minimum Gasteiger partial charge on any atom is -0.395 e. The van der Waals surface area contributed by atoms with E-state index in [9.17, 15) is 4.79 Å². The van der Waals surface area contributed by atoms with Gasteiger partial charge in [-0.25, -0.2) is 0 Å². The third-order valence-corrected chi connectivity index (χ3v) is 3.71. The highest BCUT2D eigenvalue weighted by molar-refractivity contribution is 8.00. The highest BCUT2D eigenvalue weighted by Crippen LogP contribution is 2.20. The Labute approximate surface area is 117 Å². The molecule has 1 amide bonds. The number of nitrogens with zero attached hydrogens (tertiary/aromatic N) is 1. The standard InChI is InChI=1S/C13H18ClNO2S/c1-10(2)15(7-8-16)13(17)9-18-12-5-3-11(14)4-6-12/h3-6,10,16H,7-9H2,1-2H3. The van der Waals surface area contributed by atoms with Crippen molar-refractivity contribution in [2.45, 2.75) is 24.8 Å². The molecule has 1 aromatic rings. The van der Waals surface area contributed by atoms with Gasteiger partial charge in [-0.3, -0.25) is 4.79 Å². The number of thioether (sulfide) groups is 1. The van der Waals surface area contributed by atoms with Crippen LogP contribution in [0.15, 0.2) is 29.2 Å². The van der Waals surface area contributed by atoms with Gasteiger partial charge in [-0.05, 0) is 38.1 Å². The predicted molar refractivity (Wildman–Crippen MR) is 76.1 cm³/mol. The van der Waals surface area contributed by atoms with Gasteiger partial charge in [0.2, 0.25) is 5.91 Å². The lowest BCUT2D eigenvalue weighted by Crippen LogP contribution is -2.40. The fraction of sp³-hybridized carbons (Fsp3) is 0.462. The number of benzene rings is 1. The molecule has 1 N–H and O–H groups in total. The second-order valence-corrected chi connectivity index (χ2v) is 5.63. The Kier molecular flexibility index (Phi) is 6.54. The van der Waals surface area contributed by atoms with Crippen LogP contribution in [0.5, 0.6) is 0 Å². The molecule has 18 heavy (non-hydrogen) atoms. The van der Waals surface area contributed by atoms with Gasteiger partial charge in [-0.1, -0.05) is 11.6 Å². The van der Waals surface area contributed by atoms with Gasteiger partial charge in [0.05, 0.1) is 12.4 Å². The first-order valence-corrected chi connectivity index (χ1v) is 7.19. The number of rotatable bonds is 6. The van der Waals surface area contributed by atoms with Crippen molar-refractivity contribution in [2.75, 3.05) is 18.9 Å². The third-order valence-electron chi connectivity index (χ3n) is 2.46. The summed E-state index contributed by atoms with van der Waals surface area (Å²) in [6.07, 6.45) is 0. The average Bonchev–Trinajstić information content (AvgIpc) is 2.34. The van der Waals surface area contributed by atoms with Gasteiger partial charge in [-0.15, -0.1) is 11.8 Å². The van der Waals surface area contributed by atoms with Crippen LogP contribution in [0.25, 0.3) is 0 Å². The minimum atomic E-state index is -0.00443. The molecule has 0 spiro atoms. The lowest BCUT2D eigenvalue weighted by molar-refractivity contribution is -0.130. The first-order valence-electron chi connectivity index (χ1n) is 5.83. The van der Waals surface area contributed by atoms with Crippen LogP contribution in [-0.4, -0.2) is 40.9 Å². The van der Waals surface area contributed by atoms with Crippen LogP contribution in [0.3, 0.4) is 0 Å². The van der Waals surface area contributed by atoms with Crippen molar-refractivity contribution < 1.29 is 9.90 Å². The molecule has 0 heterocycles. The molecule has 0 saturated heterocycles. The minimum absolute atomic E-state index is 0.00443.